The minimum absolute atomic E-state index is 0.0531. The highest BCUT2D eigenvalue weighted by molar-refractivity contribution is 7.09. The molecule has 5 nitrogen and oxygen atoms in total. The molecule has 0 radical (unpaired) electrons. The number of aromatic nitrogens is 3. The minimum Gasteiger partial charge on any atom is -0.354 e. The topological polar surface area (TPSA) is 59.8 Å². The number of halogens is 2. The third kappa shape index (κ3) is 3.75. The minimum atomic E-state index is -0.957. The summed E-state index contributed by atoms with van der Waals surface area (Å²) >= 11 is 1.56. The summed E-state index contributed by atoms with van der Waals surface area (Å²) in [5.41, 5.74) is 1.68. The third-order valence-electron chi connectivity index (χ3n) is 4.12. The van der Waals surface area contributed by atoms with Crippen molar-refractivity contribution in [3.8, 4) is 0 Å². The lowest BCUT2D eigenvalue weighted by molar-refractivity contribution is -0.125. The summed E-state index contributed by atoms with van der Waals surface area (Å²) in [6.07, 6.45) is 2.11. The molecular formula is C18H20F2N4OS. The molecule has 0 saturated heterocycles. The zero-order valence-electron chi connectivity index (χ0n) is 14.8. The monoisotopic (exact) mass is 378 g/mol. The molecule has 0 saturated carbocycles. The lowest BCUT2D eigenvalue weighted by Gasteiger charge is -2.22. The Bertz CT molecular complexity index is 935. The van der Waals surface area contributed by atoms with Gasteiger partial charge < -0.3 is 9.88 Å². The van der Waals surface area contributed by atoms with Gasteiger partial charge in [0.05, 0.1) is 22.4 Å². The van der Waals surface area contributed by atoms with Crippen LogP contribution >= 0.6 is 11.3 Å². The third-order valence-corrected chi connectivity index (χ3v) is 5.15. The SMILES string of the molecule is Cc1csc(CCNC(=O)[C@@H](C(C)C)n2cnc3cc(F)c(F)cc32)n1. The number of thiazole rings is 1. The molecule has 3 rings (SSSR count). The number of hydrogen-bond acceptors (Lipinski definition) is 4. The first-order valence-corrected chi connectivity index (χ1v) is 9.25. The van der Waals surface area contributed by atoms with Gasteiger partial charge in [0.25, 0.3) is 0 Å². The Balaban J connectivity index is 1.78. The van der Waals surface area contributed by atoms with Gasteiger partial charge in [0.15, 0.2) is 11.6 Å². The lowest BCUT2D eigenvalue weighted by Crippen LogP contribution is -2.36. The Morgan fingerprint density at radius 3 is 2.69 bits per heavy atom. The maximum Gasteiger partial charge on any atom is 0.243 e. The fourth-order valence-corrected chi connectivity index (χ4v) is 3.69. The largest absolute Gasteiger partial charge is 0.354 e. The molecule has 138 valence electrons. The maximum absolute atomic E-state index is 13.6. The van der Waals surface area contributed by atoms with E-state index in [1.165, 1.54) is 6.33 Å². The molecule has 8 heteroatoms. The first kappa shape index (κ1) is 18.4. The van der Waals surface area contributed by atoms with Crippen molar-refractivity contribution in [2.45, 2.75) is 33.2 Å². The van der Waals surface area contributed by atoms with E-state index in [1.54, 1.807) is 15.9 Å². The van der Waals surface area contributed by atoms with E-state index in [9.17, 15) is 13.6 Å². The molecule has 1 amide bonds. The van der Waals surface area contributed by atoms with E-state index < -0.39 is 17.7 Å². The average Bonchev–Trinajstić information content (AvgIpc) is 3.15. The van der Waals surface area contributed by atoms with Crippen molar-refractivity contribution in [1.82, 2.24) is 19.9 Å². The number of carbonyl (C=O) groups is 1. The van der Waals surface area contributed by atoms with Crippen molar-refractivity contribution < 1.29 is 13.6 Å². The quantitative estimate of drug-likeness (QED) is 0.712. The van der Waals surface area contributed by atoms with Crippen LogP contribution in [-0.2, 0) is 11.2 Å². The maximum atomic E-state index is 13.6. The number of nitrogens with one attached hydrogen (secondary N) is 1. The summed E-state index contributed by atoms with van der Waals surface area (Å²) < 4.78 is 28.6. The van der Waals surface area contributed by atoms with Crippen molar-refractivity contribution in [3.63, 3.8) is 0 Å². The molecule has 1 N–H and O–H groups in total. The van der Waals surface area contributed by atoms with Crippen molar-refractivity contribution in [2.24, 2.45) is 5.92 Å². The summed E-state index contributed by atoms with van der Waals surface area (Å²) in [5.74, 6) is -2.15. The number of aryl methyl sites for hydroxylation is 1. The Kier molecular flexibility index (Phi) is 5.31. The van der Waals surface area contributed by atoms with Crippen LogP contribution in [-0.4, -0.2) is 27.0 Å². The Labute approximate surface area is 154 Å². The molecule has 26 heavy (non-hydrogen) atoms. The number of amides is 1. The van der Waals surface area contributed by atoms with Gasteiger partial charge in [-0.05, 0) is 12.8 Å². The molecular weight excluding hydrogens is 358 g/mol. The standard InChI is InChI=1S/C18H20F2N4OS/c1-10(2)17(18(25)21-5-4-16-23-11(3)8-26-16)24-9-22-14-6-12(19)13(20)7-15(14)24/h6-10,17H,4-5H2,1-3H3,(H,21,25)/t17-/m1/s1. The fourth-order valence-electron chi connectivity index (χ4n) is 2.91. The first-order chi connectivity index (χ1) is 12.4. The summed E-state index contributed by atoms with van der Waals surface area (Å²) in [7, 11) is 0. The van der Waals surface area contributed by atoms with Gasteiger partial charge in [-0.3, -0.25) is 4.79 Å². The van der Waals surface area contributed by atoms with Crippen LogP contribution < -0.4 is 5.32 Å². The summed E-state index contributed by atoms with van der Waals surface area (Å²) in [6.45, 7) is 6.20. The fraction of sp³-hybridized carbons (Fsp3) is 0.389. The molecule has 0 bridgehead atoms. The van der Waals surface area contributed by atoms with Crippen LogP contribution in [0.25, 0.3) is 11.0 Å². The van der Waals surface area contributed by atoms with Gasteiger partial charge in [0.1, 0.15) is 6.04 Å². The van der Waals surface area contributed by atoms with E-state index in [1.807, 2.05) is 26.2 Å². The molecule has 1 atom stereocenters. The molecule has 0 spiro atoms. The molecule has 1 aromatic carbocycles. The van der Waals surface area contributed by atoms with Crippen molar-refractivity contribution in [2.75, 3.05) is 6.54 Å². The summed E-state index contributed by atoms with van der Waals surface area (Å²) in [4.78, 5) is 21.2. The van der Waals surface area contributed by atoms with E-state index in [0.717, 1.165) is 22.8 Å². The Morgan fingerprint density at radius 2 is 2.04 bits per heavy atom. The van der Waals surface area contributed by atoms with E-state index in [4.69, 9.17) is 0 Å². The van der Waals surface area contributed by atoms with Crippen LogP contribution in [0.1, 0.15) is 30.6 Å². The zero-order chi connectivity index (χ0) is 18.8. The first-order valence-electron chi connectivity index (χ1n) is 8.37. The van der Waals surface area contributed by atoms with E-state index in [0.29, 0.717) is 24.0 Å². The van der Waals surface area contributed by atoms with Gasteiger partial charge >= 0.3 is 0 Å². The molecule has 3 aromatic rings. The van der Waals surface area contributed by atoms with E-state index in [2.05, 4.69) is 15.3 Å². The van der Waals surface area contributed by atoms with Gasteiger partial charge in [-0.1, -0.05) is 13.8 Å². The normalized spacial score (nSPS) is 12.7. The number of benzene rings is 1. The van der Waals surface area contributed by atoms with Gasteiger partial charge in [0, 0.05) is 36.2 Å². The number of carbonyl (C=O) groups excluding carboxylic acids is 1. The number of hydrogen-bond donors (Lipinski definition) is 1. The van der Waals surface area contributed by atoms with Crippen LogP contribution in [0.4, 0.5) is 8.78 Å². The molecule has 0 aliphatic rings. The van der Waals surface area contributed by atoms with Gasteiger partial charge in [-0.25, -0.2) is 18.7 Å². The predicted octanol–water partition coefficient (Wildman–Crippen LogP) is 3.64. The smallest absolute Gasteiger partial charge is 0.243 e. The molecule has 2 aromatic heterocycles. The molecule has 0 fully saturated rings. The van der Waals surface area contributed by atoms with Crippen LogP contribution in [0, 0.1) is 24.5 Å². The summed E-state index contributed by atoms with van der Waals surface area (Å²) in [5, 5.41) is 5.85. The average molecular weight is 378 g/mol. The Morgan fingerprint density at radius 1 is 1.31 bits per heavy atom. The van der Waals surface area contributed by atoms with Crippen LogP contribution in [0.2, 0.25) is 0 Å². The second kappa shape index (κ2) is 7.49. The van der Waals surface area contributed by atoms with Gasteiger partial charge in [0.2, 0.25) is 5.91 Å². The highest BCUT2D eigenvalue weighted by atomic mass is 32.1. The molecule has 2 heterocycles. The molecule has 0 unspecified atom stereocenters. The van der Waals surface area contributed by atoms with Gasteiger partial charge in [-0.15, -0.1) is 11.3 Å². The van der Waals surface area contributed by atoms with Crippen molar-refractivity contribution >= 4 is 28.3 Å². The van der Waals surface area contributed by atoms with Crippen LogP contribution in [0.5, 0.6) is 0 Å². The van der Waals surface area contributed by atoms with E-state index in [-0.39, 0.29) is 11.8 Å². The number of nitrogens with zero attached hydrogens (tertiary/aromatic N) is 3. The molecule has 0 aliphatic carbocycles. The molecule has 0 aliphatic heterocycles. The number of imidazole rings is 1. The van der Waals surface area contributed by atoms with Crippen molar-refractivity contribution in [1.29, 1.82) is 0 Å². The predicted molar refractivity (Wildman–Crippen MR) is 97.1 cm³/mol. The zero-order valence-corrected chi connectivity index (χ0v) is 15.6. The number of rotatable bonds is 6. The van der Waals surface area contributed by atoms with E-state index >= 15 is 0 Å². The van der Waals surface area contributed by atoms with Crippen molar-refractivity contribution in [3.05, 3.63) is 46.2 Å². The van der Waals surface area contributed by atoms with Gasteiger partial charge in [-0.2, -0.15) is 0 Å². The van der Waals surface area contributed by atoms with Crippen LogP contribution in [0.3, 0.4) is 0 Å². The number of fused-ring (bicyclic) bond motifs is 1. The second-order valence-electron chi connectivity index (χ2n) is 6.52. The second-order valence-corrected chi connectivity index (χ2v) is 7.46. The highest BCUT2D eigenvalue weighted by Gasteiger charge is 2.26. The lowest BCUT2D eigenvalue weighted by atomic mass is 10.0. The Hall–Kier alpha value is -2.35. The van der Waals surface area contributed by atoms with Crippen LogP contribution in [0.15, 0.2) is 23.8 Å². The summed E-state index contributed by atoms with van der Waals surface area (Å²) in [6, 6.07) is 1.56. The highest BCUT2D eigenvalue weighted by Crippen LogP contribution is 2.25.